The average molecular weight is 903 g/mol. The summed E-state index contributed by atoms with van der Waals surface area (Å²) in [6.45, 7) is 4.45. The molecule has 1 rings (SSSR count). The number of ether oxygens (including phenoxy) is 4. The highest BCUT2D eigenvalue weighted by molar-refractivity contribution is 5.69. The third-order valence-corrected chi connectivity index (χ3v) is 11.9. The van der Waals surface area contributed by atoms with Gasteiger partial charge in [0.05, 0.1) is 19.8 Å². The second-order valence-electron chi connectivity index (χ2n) is 17.9. The Kier molecular flexibility index (Phi) is 43.1. The molecule has 4 N–H and O–H groups in total. The molecule has 0 aliphatic carbocycles. The van der Waals surface area contributed by atoms with Crippen molar-refractivity contribution in [1.29, 1.82) is 0 Å². The number of esters is 1. The first kappa shape index (κ1) is 59.9. The molecule has 1 fully saturated rings. The van der Waals surface area contributed by atoms with Crippen molar-refractivity contribution >= 4 is 5.97 Å². The van der Waals surface area contributed by atoms with Crippen LogP contribution in [0.15, 0.2) is 60.8 Å². The topological polar surface area (TPSA) is 135 Å². The van der Waals surface area contributed by atoms with Gasteiger partial charge in [-0.25, -0.2) is 0 Å². The van der Waals surface area contributed by atoms with Crippen LogP contribution in [-0.4, -0.2) is 89.6 Å². The first-order valence-corrected chi connectivity index (χ1v) is 26.4. The zero-order valence-electron chi connectivity index (χ0n) is 41.0. The van der Waals surface area contributed by atoms with Crippen LogP contribution in [0.5, 0.6) is 0 Å². The number of aliphatic hydroxyl groups excluding tert-OH is 4. The third kappa shape index (κ3) is 36.1. The molecule has 64 heavy (non-hydrogen) atoms. The van der Waals surface area contributed by atoms with Crippen LogP contribution in [0.4, 0.5) is 0 Å². The summed E-state index contributed by atoms with van der Waals surface area (Å²) in [5.41, 5.74) is 0. The summed E-state index contributed by atoms with van der Waals surface area (Å²) in [6, 6.07) is 0. The Labute approximate surface area is 392 Å². The Morgan fingerprint density at radius 2 is 0.953 bits per heavy atom. The number of allylic oxidation sites excluding steroid dienone is 10. The van der Waals surface area contributed by atoms with Gasteiger partial charge < -0.3 is 39.4 Å². The lowest BCUT2D eigenvalue weighted by atomic mass is 9.99. The maximum Gasteiger partial charge on any atom is 0.306 e. The minimum atomic E-state index is -1.54. The molecule has 0 radical (unpaired) electrons. The molecule has 9 nitrogen and oxygen atoms in total. The van der Waals surface area contributed by atoms with Gasteiger partial charge in [0.2, 0.25) is 0 Å². The average Bonchev–Trinajstić information content (AvgIpc) is 3.30. The van der Waals surface area contributed by atoms with E-state index < -0.39 is 43.4 Å². The highest BCUT2D eigenvalue weighted by Gasteiger charge is 2.44. The molecule has 9 heteroatoms. The molecule has 0 amide bonds. The number of unbranched alkanes of at least 4 members (excludes halogenated alkanes) is 24. The molecule has 372 valence electrons. The summed E-state index contributed by atoms with van der Waals surface area (Å²) >= 11 is 0. The van der Waals surface area contributed by atoms with Crippen LogP contribution < -0.4 is 0 Å². The van der Waals surface area contributed by atoms with E-state index in [1.165, 1.54) is 122 Å². The zero-order chi connectivity index (χ0) is 46.4. The molecule has 0 aromatic rings. The van der Waals surface area contributed by atoms with Crippen molar-refractivity contribution < 1.29 is 44.2 Å². The number of hydrogen-bond acceptors (Lipinski definition) is 9. The summed E-state index contributed by atoms with van der Waals surface area (Å²) in [7, 11) is 0. The van der Waals surface area contributed by atoms with Crippen LogP contribution in [0.1, 0.15) is 219 Å². The van der Waals surface area contributed by atoms with Gasteiger partial charge >= 0.3 is 5.97 Å². The van der Waals surface area contributed by atoms with E-state index in [0.29, 0.717) is 13.0 Å². The standard InChI is InChI=1S/C55H98O9/c1-3-5-7-9-11-13-15-17-19-21-22-23-24-25-26-27-29-31-33-35-37-39-41-43-45-61-47-49(48-62-55-54(60)53(59)52(58)50(46-56)64-55)63-51(57)44-42-40-38-36-34-32-30-28-20-18-16-14-12-10-8-6-4-2/h5,7,11,13,17,19,22-23,25-26,49-50,52-56,58-60H,3-4,6,8-10,12,14-16,18,20-21,24,27-48H2,1-2H3/b7-5-,13-11-,19-17-,23-22-,26-25-. The van der Waals surface area contributed by atoms with Crippen molar-refractivity contribution in [3.8, 4) is 0 Å². The van der Waals surface area contributed by atoms with Crippen molar-refractivity contribution in [2.75, 3.05) is 26.4 Å². The molecule has 1 aliphatic rings. The predicted octanol–water partition coefficient (Wildman–Crippen LogP) is 13.0. The van der Waals surface area contributed by atoms with Crippen molar-refractivity contribution in [1.82, 2.24) is 0 Å². The first-order valence-electron chi connectivity index (χ1n) is 26.4. The van der Waals surface area contributed by atoms with Crippen molar-refractivity contribution in [3.63, 3.8) is 0 Å². The largest absolute Gasteiger partial charge is 0.457 e. The van der Waals surface area contributed by atoms with Crippen LogP contribution in [-0.2, 0) is 23.7 Å². The fourth-order valence-corrected chi connectivity index (χ4v) is 7.87. The molecule has 6 atom stereocenters. The molecule has 1 aliphatic heterocycles. The molecule has 1 saturated heterocycles. The summed E-state index contributed by atoms with van der Waals surface area (Å²) in [6.07, 6.45) is 52.5. The van der Waals surface area contributed by atoms with E-state index in [0.717, 1.165) is 77.0 Å². The lowest BCUT2D eigenvalue weighted by molar-refractivity contribution is -0.305. The first-order chi connectivity index (χ1) is 31.4. The predicted molar refractivity (Wildman–Crippen MR) is 265 cm³/mol. The van der Waals surface area contributed by atoms with E-state index in [1.54, 1.807) is 0 Å². The summed E-state index contributed by atoms with van der Waals surface area (Å²) in [5.74, 6) is -0.315. The smallest absolute Gasteiger partial charge is 0.306 e. The second kappa shape index (κ2) is 46.0. The van der Waals surface area contributed by atoms with Crippen molar-refractivity contribution in [2.24, 2.45) is 0 Å². The Hall–Kier alpha value is -2.11. The quantitative estimate of drug-likeness (QED) is 0.0268. The van der Waals surface area contributed by atoms with E-state index in [-0.39, 0.29) is 19.2 Å². The molecule has 0 spiro atoms. The Bertz CT molecular complexity index is 1160. The van der Waals surface area contributed by atoms with E-state index in [9.17, 15) is 25.2 Å². The van der Waals surface area contributed by atoms with Gasteiger partial charge in [0.25, 0.3) is 0 Å². The monoisotopic (exact) mass is 903 g/mol. The minimum absolute atomic E-state index is 0.117. The Morgan fingerprint density at radius 3 is 1.44 bits per heavy atom. The SMILES string of the molecule is CC/C=C\C/C=C\C/C=C\C/C=C\C/C=C\CCCCCCCCCCOCC(COC1OC(CO)C(O)C(O)C1O)OC(=O)CCCCCCCCCCCCCCCCCCC. The van der Waals surface area contributed by atoms with E-state index in [1.807, 2.05) is 0 Å². The molecule has 0 saturated carbocycles. The minimum Gasteiger partial charge on any atom is -0.457 e. The normalized spacial score (nSPS) is 20.0. The van der Waals surface area contributed by atoms with Gasteiger partial charge in [0.1, 0.15) is 30.5 Å². The molecule has 0 aromatic heterocycles. The number of aliphatic hydroxyl groups is 4. The molecular formula is C55H98O9. The maximum absolute atomic E-state index is 12.8. The van der Waals surface area contributed by atoms with Crippen LogP contribution in [0.2, 0.25) is 0 Å². The van der Waals surface area contributed by atoms with Gasteiger partial charge in [-0.2, -0.15) is 0 Å². The van der Waals surface area contributed by atoms with Crippen molar-refractivity contribution in [3.05, 3.63) is 60.8 Å². The molecule has 0 bridgehead atoms. The van der Waals surface area contributed by atoms with Gasteiger partial charge in [-0.1, -0.05) is 216 Å². The van der Waals surface area contributed by atoms with Gasteiger partial charge in [-0.15, -0.1) is 0 Å². The Morgan fingerprint density at radius 1 is 0.516 bits per heavy atom. The fraction of sp³-hybridized carbons (Fsp3) is 0.800. The van der Waals surface area contributed by atoms with Crippen molar-refractivity contribution in [2.45, 2.75) is 256 Å². The van der Waals surface area contributed by atoms with Gasteiger partial charge in [-0.3, -0.25) is 4.79 Å². The van der Waals surface area contributed by atoms with Gasteiger partial charge in [0, 0.05) is 13.0 Å². The lowest BCUT2D eigenvalue weighted by Crippen LogP contribution is -2.59. The summed E-state index contributed by atoms with van der Waals surface area (Å²) < 4.78 is 22.9. The maximum atomic E-state index is 12.8. The summed E-state index contributed by atoms with van der Waals surface area (Å²) in [5, 5.41) is 40.3. The second-order valence-corrected chi connectivity index (χ2v) is 17.9. The van der Waals surface area contributed by atoms with E-state index in [2.05, 4.69) is 74.6 Å². The van der Waals surface area contributed by atoms with E-state index >= 15 is 0 Å². The third-order valence-electron chi connectivity index (χ3n) is 11.9. The molecule has 6 unspecified atom stereocenters. The van der Waals surface area contributed by atoms with Crippen LogP contribution >= 0.6 is 0 Å². The number of rotatable bonds is 45. The molecule has 0 aromatic carbocycles. The van der Waals surface area contributed by atoms with Crippen LogP contribution in [0.25, 0.3) is 0 Å². The van der Waals surface area contributed by atoms with Gasteiger partial charge in [0.15, 0.2) is 6.29 Å². The summed E-state index contributed by atoms with van der Waals surface area (Å²) in [4.78, 5) is 12.8. The highest BCUT2D eigenvalue weighted by Crippen LogP contribution is 2.23. The lowest BCUT2D eigenvalue weighted by Gasteiger charge is -2.39. The van der Waals surface area contributed by atoms with Crippen LogP contribution in [0.3, 0.4) is 0 Å². The Balaban J connectivity index is 2.20. The zero-order valence-corrected chi connectivity index (χ0v) is 41.0. The fourth-order valence-electron chi connectivity index (χ4n) is 7.87. The van der Waals surface area contributed by atoms with E-state index in [4.69, 9.17) is 18.9 Å². The number of carbonyl (C=O) groups is 1. The van der Waals surface area contributed by atoms with Crippen LogP contribution in [0, 0.1) is 0 Å². The highest BCUT2D eigenvalue weighted by atomic mass is 16.7. The van der Waals surface area contributed by atoms with Gasteiger partial charge in [-0.05, 0) is 57.8 Å². The number of carbonyl (C=O) groups excluding carboxylic acids is 1. The molecular weight excluding hydrogens is 805 g/mol. The molecule has 1 heterocycles. The number of hydrogen-bond donors (Lipinski definition) is 4.